The van der Waals surface area contributed by atoms with Crippen LogP contribution in [0.1, 0.15) is 153 Å². The fourth-order valence-corrected chi connectivity index (χ4v) is 10.5. The van der Waals surface area contributed by atoms with Crippen molar-refractivity contribution < 1.29 is 43.2 Å². The number of ether oxygens (including phenoxy) is 3. The van der Waals surface area contributed by atoms with Gasteiger partial charge in [-0.25, -0.2) is 9.18 Å². The Morgan fingerprint density at radius 3 is 2.28 bits per heavy atom. The Hall–Kier alpha value is -4.26. The fraction of sp³-hybridized carbons (Fsp3) is 0.642. The molecule has 0 spiro atoms. The number of benzene rings is 2. The average molecular weight is 902 g/mol. The van der Waals surface area contributed by atoms with E-state index >= 15 is 0 Å². The second-order valence-corrected chi connectivity index (χ2v) is 18.6. The molecule has 0 radical (unpaired) electrons. The number of rotatable bonds is 29. The van der Waals surface area contributed by atoms with E-state index in [1.165, 1.54) is 57.1 Å². The van der Waals surface area contributed by atoms with E-state index in [2.05, 4.69) is 24.9 Å². The van der Waals surface area contributed by atoms with Crippen molar-refractivity contribution in [1.82, 2.24) is 10.2 Å². The summed E-state index contributed by atoms with van der Waals surface area (Å²) in [6, 6.07) is 11.1. The molecule has 2 saturated carbocycles. The number of fused-ring (bicyclic) bond motifs is 2. The summed E-state index contributed by atoms with van der Waals surface area (Å²) in [6.45, 7) is 9.55. The monoisotopic (exact) mass is 902 g/mol. The van der Waals surface area contributed by atoms with Gasteiger partial charge in [0, 0.05) is 50.1 Å². The maximum absolute atomic E-state index is 14.7. The summed E-state index contributed by atoms with van der Waals surface area (Å²) in [5.41, 5.74) is 3.29. The van der Waals surface area contributed by atoms with Gasteiger partial charge in [0.25, 0.3) is 0 Å². The smallest absolute Gasteiger partial charge is 0.412 e. The highest BCUT2D eigenvalue weighted by Crippen LogP contribution is 2.62. The molecule has 2 aromatic rings. The Morgan fingerprint density at radius 2 is 1.62 bits per heavy atom. The van der Waals surface area contributed by atoms with E-state index in [1.54, 1.807) is 24.3 Å². The number of aliphatic hydroxyl groups excluding tert-OH is 2. The van der Waals surface area contributed by atoms with Crippen molar-refractivity contribution in [3.63, 3.8) is 0 Å². The maximum atomic E-state index is 14.7. The molecule has 4 aliphatic rings. The van der Waals surface area contributed by atoms with Crippen LogP contribution in [0.5, 0.6) is 11.5 Å². The first-order valence-electron chi connectivity index (χ1n) is 25.0. The van der Waals surface area contributed by atoms with Gasteiger partial charge in [0.2, 0.25) is 11.7 Å². The van der Waals surface area contributed by atoms with Crippen molar-refractivity contribution in [2.45, 2.75) is 160 Å². The first-order valence-corrected chi connectivity index (χ1v) is 25.0. The molecule has 0 unspecified atom stereocenters. The molecule has 2 fully saturated rings. The highest BCUT2D eigenvalue weighted by Gasteiger charge is 2.66. The van der Waals surface area contributed by atoms with E-state index in [4.69, 9.17) is 24.2 Å². The van der Waals surface area contributed by atoms with Crippen molar-refractivity contribution in [2.24, 2.45) is 28.8 Å². The van der Waals surface area contributed by atoms with Gasteiger partial charge in [-0.3, -0.25) is 4.79 Å². The molecule has 1 heterocycles. The second kappa shape index (κ2) is 25.6. The molecule has 3 aliphatic carbocycles. The van der Waals surface area contributed by atoms with E-state index in [0.717, 1.165) is 74.5 Å². The molecule has 358 valence electrons. The third kappa shape index (κ3) is 13.2. The molecule has 0 saturated heterocycles. The summed E-state index contributed by atoms with van der Waals surface area (Å²) in [4.78, 5) is 35.7. The van der Waals surface area contributed by atoms with Crippen LogP contribution in [0.3, 0.4) is 0 Å². The second-order valence-electron chi connectivity index (χ2n) is 18.6. The number of nitrogens with one attached hydrogen (secondary N) is 1. The number of hydrogen-bond acceptors (Lipinski definition) is 9. The number of unbranched alkanes of at least 4 members (excludes halogenated alkanes) is 11. The van der Waals surface area contributed by atoms with Gasteiger partial charge < -0.3 is 39.5 Å². The van der Waals surface area contributed by atoms with E-state index in [-0.39, 0.29) is 68.2 Å². The van der Waals surface area contributed by atoms with Crippen LogP contribution in [-0.4, -0.2) is 77.6 Å². The zero-order valence-corrected chi connectivity index (χ0v) is 39.2. The van der Waals surface area contributed by atoms with Crippen LogP contribution in [0.25, 0.3) is 0 Å². The summed E-state index contributed by atoms with van der Waals surface area (Å²) < 4.78 is 34.7. The number of carbonyl (C=O) groups is 2. The molecule has 11 nitrogen and oxygen atoms in total. The zero-order chi connectivity index (χ0) is 46.0. The van der Waals surface area contributed by atoms with Gasteiger partial charge in [-0.05, 0) is 105 Å². The molecule has 2 amide bonds. The van der Waals surface area contributed by atoms with Gasteiger partial charge in [0.1, 0.15) is 30.0 Å². The third-order valence-corrected chi connectivity index (χ3v) is 13.8. The first-order chi connectivity index (χ1) is 31.8. The molecule has 3 N–H and O–H groups in total. The van der Waals surface area contributed by atoms with Crippen LogP contribution in [0.4, 0.5) is 9.18 Å². The van der Waals surface area contributed by atoms with Crippen LogP contribution >= 0.6 is 0 Å². The number of oxime groups is 1. The number of aliphatic hydroxyl groups is 2. The zero-order valence-electron chi connectivity index (χ0n) is 39.2. The minimum atomic E-state index is -1.42. The van der Waals surface area contributed by atoms with Crippen molar-refractivity contribution in [1.29, 1.82) is 0 Å². The molecule has 12 heteroatoms. The molecule has 2 aromatic carbocycles. The molecule has 6 rings (SSSR count). The molecule has 6 atom stereocenters. The Morgan fingerprint density at radius 1 is 0.923 bits per heavy atom. The number of halogens is 1. The Balaban J connectivity index is 1.38. The van der Waals surface area contributed by atoms with Crippen LogP contribution in [0, 0.1) is 29.5 Å². The van der Waals surface area contributed by atoms with Crippen LogP contribution in [-0.2, 0) is 20.9 Å². The quantitative estimate of drug-likeness (QED) is 0.0417. The Bertz CT molecular complexity index is 1880. The number of carbonyl (C=O) groups excluding carboxylic acids is 2. The van der Waals surface area contributed by atoms with E-state index in [1.807, 2.05) is 24.0 Å². The third-order valence-electron chi connectivity index (χ3n) is 13.8. The van der Waals surface area contributed by atoms with Gasteiger partial charge in [-0.15, -0.1) is 6.58 Å². The fourth-order valence-electron chi connectivity index (χ4n) is 10.5. The van der Waals surface area contributed by atoms with Crippen molar-refractivity contribution in [2.75, 3.05) is 33.0 Å². The highest BCUT2D eigenvalue weighted by atomic mass is 19.1. The van der Waals surface area contributed by atoms with E-state index in [9.17, 15) is 24.2 Å². The lowest BCUT2D eigenvalue weighted by atomic mass is 9.55. The lowest BCUT2D eigenvalue weighted by Crippen LogP contribution is -2.70. The first kappa shape index (κ1) is 50.2. The Kier molecular flexibility index (Phi) is 19.8. The Labute approximate surface area is 387 Å². The average Bonchev–Trinajstić information content (AvgIpc) is 4.17. The lowest BCUT2D eigenvalue weighted by Gasteiger charge is -2.60. The summed E-state index contributed by atoms with van der Waals surface area (Å²) in [5.74, 6) is -1.66. The van der Waals surface area contributed by atoms with Gasteiger partial charge >= 0.3 is 6.09 Å². The minimum Gasteiger partial charge on any atom is -0.459 e. The topological polar surface area (TPSA) is 139 Å². The van der Waals surface area contributed by atoms with Gasteiger partial charge in [0.05, 0.1) is 18.2 Å². The number of nitrogens with zero attached hydrogens (tertiary/aromatic N) is 2. The van der Waals surface area contributed by atoms with E-state index in [0.29, 0.717) is 43.2 Å². The van der Waals surface area contributed by atoms with Crippen LogP contribution < -0.4 is 14.8 Å². The van der Waals surface area contributed by atoms with Crippen LogP contribution in [0.2, 0.25) is 0 Å². The summed E-state index contributed by atoms with van der Waals surface area (Å²) in [6.07, 6.45) is 21.9. The molecule has 65 heavy (non-hydrogen) atoms. The standard InChI is InChI=1S/C53H76FN3O8/c1-4-7-8-9-10-11-12-13-14-17-30-55-52(61)64-42-28-29-47-45(35-42)49-43(21-16-19-32-59)40(20-15-18-31-58)34-44-46(56-63-6-3)36-48(53(65-47,50(44)49)62-33-5-2)57(51(60)39-24-25-39)37-38-22-26-41(54)27-23-38/h5,22-23,26-29,34-35,39-40,43,48-50,58-59H,2,4,6-21,24-25,30-33,36-37H2,1,3H3,(H,55,61)/t40-,43+,48-,49+,50+,53+/m0/s1. The predicted octanol–water partition coefficient (Wildman–Crippen LogP) is 10.9. The van der Waals surface area contributed by atoms with Gasteiger partial charge in [0.15, 0.2) is 0 Å². The summed E-state index contributed by atoms with van der Waals surface area (Å²) in [5, 5.41) is 27.6. The molecule has 0 aromatic heterocycles. The van der Waals surface area contributed by atoms with Gasteiger partial charge in [-0.1, -0.05) is 107 Å². The molecule has 1 aliphatic heterocycles. The summed E-state index contributed by atoms with van der Waals surface area (Å²) >= 11 is 0. The largest absolute Gasteiger partial charge is 0.459 e. The number of allylic oxidation sites excluding steroid dienone is 1. The van der Waals surface area contributed by atoms with E-state index < -0.39 is 23.8 Å². The van der Waals surface area contributed by atoms with Crippen molar-refractivity contribution in [3.05, 3.63) is 83.7 Å². The van der Waals surface area contributed by atoms with Crippen LogP contribution in [0.15, 0.2) is 71.9 Å². The lowest BCUT2D eigenvalue weighted by molar-refractivity contribution is -0.258. The van der Waals surface area contributed by atoms with Gasteiger partial charge in [-0.2, -0.15) is 0 Å². The summed E-state index contributed by atoms with van der Waals surface area (Å²) in [7, 11) is 0. The molecule has 0 bridgehead atoms. The SMILES string of the molecule is C=CCO[C@@]12Oc3ccc(OC(=O)NCCCCCCCCCCCC)cc3[C@H]3[C@H](CCCCO)[C@@H](CCCCO)C=C(C(=NOCC)C[C@@H]1N(Cc1ccc(F)cc1)C(=O)C1CC1)[C@H]32. The van der Waals surface area contributed by atoms with Crippen molar-refractivity contribution >= 4 is 17.7 Å². The predicted molar refractivity (Wildman–Crippen MR) is 252 cm³/mol. The highest BCUT2D eigenvalue weighted by molar-refractivity contribution is 6.03. The number of hydrogen-bond donors (Lipinski definition) is 3. The minimum absolute atomic E-state index is 0.0141. The molecular formula is C53H76FN3O8. The van der Waals surface area contributed by atoms with Crippen molar-refractivity contribution in [3.8, 4) is 11.5 Å². The number of amides is 2. The maximum Gasteiger partial charge on any atom is 0.412 e. The normalized spacial score (nSPS) is 23.7. The molecular weight excluding hydrogens is 826 g/mol.